The molecule has 2 N–H and O–H groups in total. The van der Waals surface area contributed by atoms with Crippen LogP contribution in [0.3, 0.4) is 0 Å². The first kappa shape index (κ1) is 14.4. The first-order valence-electron chi connectivity index (χ1n) is 6.37. The Morgan fingerprint density at radius 1 is 1.32 bits per heavy atom. The van der Waals surface area contributed by atoms with E-state index in [0.717, 1.165) is 28.5 Å². The average molecular weight is 323 g/mol. The van der Waals surface area contributed by atoms with E-state index in [1.165, 1.54) is 5.56 Å². The Bertz CT molecular complexity index is 569. The lowest BCUT2D eigenvalue weighted by Gasteiger charge is -2.22. The molecule has 2 aromatic rings. The van der Waals surface area contributed by atoms with E-state index in [9.17, 15) is 5.11 Å². The third kappa shape index (κ3) is 3.53. The maximum atomic E-state index is 9.24. The van der Waals surface area contributed by atoms with E-state index >= 15 is 0 Å². The molecule has 0 amide bonds. The zero-order valence-electron chi connectivity index (χ0n) is 11.3. The monoisotopic (exact) mass is 322 g/mol. The molecule has 0 fully saturated rings. The summed E-state index contributed by atoms with van der Waals surface area (Å²) in [7, 11) is 0. The van der Waals surface area contributed by atoms with Crippen molar-refractivity contribution in [2.75, 3.05) is 13.2 Å². The van der Waals surface area contributed by atoms with Crippen LogP contribution < -0.4 is 5.32 Å². The summed E-state index contributed by atoms with van der Waals surface area (Å²) < 4.78 is 1.06. The molecule has 3 nitrogen and oxygen atoms in total. The summed E-state index contributed by atoms with van der Waals surface area (Å²) >= 11 is 3.55. The number of aliphatic hydroxyl groups excluding tert-OH is 1. The van der Waals surface area contributed by atoms with E-state index in [1.54, 1.807) is 0 Å². The number of benzene rings is 1. The molecule has 4 heteroatoms. The number of rotatable bonds is 5. The third-order valence-electron chi connectivity index (χ3n) is 3.15. The maximum absolute atomic E-state index is 9.24. The number of fused-ring (bicyclic) bond motifs is 1. The molecular formula is C15H19BrN2O. The smallest absolute Gasteiger partial charge is 0.0758 e. The van der Waals surface area contributed by atoms with E-state index in [0.29, 0.717) is 0 Å². The largest absolute Gasteiger partial charge is 0.396 e. The van der Waals surface area contributed by atoms with Gasteiger partial charge in [-0.3, -0.25) is 4.98 Å². The van der Waals surface area contributed by atoms with Crippen LogP contribution in [0.4, 0.5) is 0 Å². The lowest BCUT2D eigenvalue weighted by atomic mass is 9.95. The van der Waals surface area contributed by atoms with Gasteiger partial charge in [0.05, 0.1) is 5.52 Å². The molecule has 1 aromatic heterocycles. The molecule has 1 aromatic carbocycles. The first-order valence-corrected chi connectivity index (χ1v) is 7.16. The highest BCUT2D eigenvalue weighted by Crippen LogP contribution is 2.25. The molecule has 0 saturated carbocycles. The quantitative estimate of drug-likeness (QED) is 0.889. The van der Waals surface area contributed by atoms with Crippen molar-refractivity contribution in [1.29, 1.82) is 0 Å². The number of nitrogens with one attached hydrogen (secondary N) is 1. The van der Waals surface area contributed by atoms with Crippen molar-refractivity contribution < 1.29 is 5.11 Å². The van der Waals surface area contributed by atoms with Crippen LogP contribution in [0.2, 0.25) is 0 Å². The van der Waals surface area contributed by atoms with Gasteiger partial charge in [0, 0.05) is 41.2 Å². The Morgan fingerprint density at radius 2 is 2.11 bits per heavy atom. The van der Waals surface area contributed by atoms with Gasteiger partial charge in [0.25, 0.3) is 0 Å². The van der Waals surface area contributed by atoms with Crippen LogP contribution in [0.25, 0.3) is 10.9 Å². The zero-order chi connectivity index (χ0) is 13.9. The second-order valence-corrected chi connectivity index (χ2v) is 6.39. The fourth-order valence-electron chi connectivity index (χ4n) is 1.93. The van der Waals surface area contributed by atoms with Crippen LogP contribution in [0, 0.1) is 5.41 Å². The second-order valence-electron chi connectivity index (χ2n) is 5.53. The number of halogens is 1. The normalized spacial score (nSPS) is 12.0. The predicted molar refractivity (Wildman–Crippen MR) is 82.0 cm³/mol. The molecule has 0 aliphatic heterocycles. The molecule has 0 unspecified atom stereocenters. The minimum absolute atomic E-state index is 0.0986. The molecule has 1 heterocycles. The standard InChI is InChI=1S/C15H19BrN2O/c1-15(2,10-19)9-17-8-11-5-6-13(16)12-4-3-7-18-14(11)12/h3-7,17,19H,8-10H2,1-2H3. The highest BCUT2D eigenvalue weighted by Gasteiger charge is 2.15. The number of nitrogens with zero attached hydrogens (tertiary/aromatic N) is 1. The van der Waals surface area contributed by atoms with Crippen LogP contribution >= 0.6 is 15.9 Å². The number of hydrogen-bond donors (Lipinski definition) is 2. The van der Waals surface area contributed by atoms with Gasteiger partial charge < -0.3 is 10.4 Å². The van der Waals surface area contributed by atoms with Crippen molar-refractivity contribution in [3.8, 4) is 0 Å². The molecule has 0 radical (unpaired) electrons. The van der Waals surface area contributed by atoms with Gasteiger partial charge in [-0.2, -0.15) is 0 Å². The molecule has 0 saturated heterocycles. The second kappa shape index (κ2) is 5.99. The van der Waals surface area contributed by atoms with Crippen LogP contribution in [0.1, 0.15) is 19.4 Å². The van der Waals surface area contributed by atoms with E-state index in [1.807, 2.05) is 26.1 Å². The Hall–Kier alpha value is -0.970. The Kier molecular flexibility index (Phi) is 4.55. The number of aliphatic hydroxyl groups is 1. The summed E-state index contributed by atoms with van der Waals surface area (Å²) in [6, 6.07) is 8.14. The molecule has 0 spiro atoms. The van der Waals surface area contributed by atoms with Crippen molar-refractivity contribution in [2.45, 2.75) is 20.4 Å². The van der Waals surface area contributed by atoms with Gasteiger partial charge in [-0.15, -0.1) is 0 Å². The molecule has 102 valence electrons. The van der Waals surface area contributed by atoms with Gasteiger partial charge >= 0.3 is 0 Å². The van der Waals surface area contributed by atoms with E-state index in [4.69, 9.17) is 0 Å². The predicted octanol–water partition coefficient (Wildman–Crippen LogP) is 3.11. The summed E-state index contributed by atoms with van der Waals surface area (Å²) in [6.07, 6.45) is 1.82. The van der Waals surface area contributed by atoms with Crippen LogP contribution in [-0.4, -0.2) is 23.2 Å². The fraction of sp³-hybridized carbons (Fsp3) is 0.400. The molecule has 0 aliphatic rings. The van der Waals surface area contributed by atoms with Crippen molar-refractivity contribution in [3.63, 3.8) is 0 Å². The van der Waals surface area contributed by atoms with Crippen LogP contribution in [-0.2, 0) is 6.54 Å². The molecule has 19 heavy (non-hydrogen) atoms. The van der Waals surface area contributed by atoms with Crippen molar-refractivity contribution in [2.24, 2.45) is 5.41 Å². The fourth-order valence-corrected chi connectivity index (χ4v) is 2.38. The highest BCUT2D eigenvalue weighted by atomic mass is 79.9. The summed E-state index contributed by atoms with van der Waals surface area (Å²) in [5.41, 5.74) is 2.09. The van der Waals surface area contributed by atoms with E-state index in [-0.39, 0.29) is 12.0 Å². The lowest BCUT2D eigenvalue weighted by Crippen LogP contribution is -2.31. The van der Waals surface area contributed by atoms with E-state index < -0.39 is 0 Å². The molecule has 0 atom stereocenters. The molecule has 0 bridgehead atoms. The lowest BCUT2D eigenvalue weighted by molar-refractivity contribution is 0.157. The van der Waals surface area contributed by atoms with Crippen molar-refractivity contribution >= 4 is 26.8 Å². The Labute approximate surface area is 122 Å². The van der Waals surface area contributed by atoms with E-state index in [2.05, 4.69) is 44.4 Å². The summed E-state index contributed by atoms with van der Waals surface area (Å²) in [6.45, 7) is 5.79. The minimum Gasteiger partial charge on any atom is -0.396 e. The Balaban J connectivity index is 2.16. The first-order chi connectivity index (χ1) is 9.03. The average Bonchev–Trinajstić information content (AvgIpc) is 2.42. The summed E-state index contributed by atoms with van der Waals surface area (Å²) in [5, 5.41) is 13.8. The SMILES string of the molecule is CC(C)(CO)CNCc1ccc(Br)c2cccnc12. The maximum Gasteiger partial charge on any atom is 0.0758 e. The van der Waals surface area contributed by atoms with Crippen LogP contribution in [0.15, 0.2) is 34.9 Å². The summed E-state index contributed by atoms with van der Waals surface area (Å²) in [5.74, 6) is 0. The van der Waals surface area contributed by atoms with Crippen molar-refractivity contribution in [3.05, 3.63) is 40.5 Å². The van der Waals surface area contributed by atoms with Crippen LogP contribution in [0.5, 0.6) is 0 Å². The molecule has 2 rings (SSSR count). The van der Waals surface area contributed by atoms with Gasteiger partial charge in [0.2, 0.25) is 0 Å². The minimum atomic E-state index is -0.0986. The van der Waals surface area contributed by atoms with Gasteiger partial charge in [-0.1, -0.05) is 41.9 Å². The van der Waals surface area contributed by atoms with Gasteiger partial charge in [0.1, 0.15) is 0 Å². The topological polar surface area (TPSA) is 45.1 Å². The van der Waals surface area contributed by atoms with Crippen molar-refractivity contribution in [1.82, 2.24) is 10.3 Å². The third-order valence-corrected chi connectivity index (χ3v) is 3.84. The number of pyridine rings is 1. The van der Waals surface area contributed by atoms with Gasteiger partial charge in [0.15, 0.2) is 0 Å². The van der Waals surface area contributed by atoms with Gasteiger partial charge in [-0.25, -0.2) is 0 Å². The molecular weight excluding hydrogens is 304 g/mol. The number of hydrogen-bond acceptors (Lipinski definition) is 3. The zero-order valence-corrected chi connectivity index (χ0v) is 12.9. The number of aromatic nitrogens is 1. The highest BCUT2D eigenvalue weighted by molar-refractivity contribution is 9.10. The Morgan fingerprint density at radius 3 is 2.84 bits per heavy atom. The molecule has 0 aliphatic carbocycles. The summed E-state index contributed by atoms with van der Waals surface area (Å²) in [4.78, 5) is 4.46. The van der Waals surface area contributed by atoms with Gasteiger partial charge in [-0.05, 0) is 17.7 Å².